The first-order valence-corrected chi connectivity index (χ1v) is 8.26. The van der Waals surface area contributed by atoms with Crippen LogP contribution < -0.4 is 0 Å². The molecule has 122 valence electrons. The summed E-state index contributed by atoms with van der Waals surface area (Å²) in [6, 6.07) is 8.02. The minimum Gasteiger partial charge on any atom is -0.750 e. The first-order chi connectivity index (χ1) is 10.2. The highest BCUT2D eigenvalue weighted by Gasteiger charge is 2.36. The lowest BCUT2D eigenvalue weighted by atomic mass is 9.84. The molecule has 1 aliphatic rings. The number of nitrogens with zero attached hydrogens (tertiary/aromatic N) is 1. The zero-order valence-electron chi connectivity index (χ0n) is 13.4. The molecule has 0 N–H and O–H groups in total. The number of hydrogen-bond donors (Lipinski definition) is 0. The Labute approximate surface area is 134 Å². The Morgan fingerprint density at radius 1 is 1.36 bits per heavy atom. The van der Waals surface area contributed by atoms with Gasteiger partial charge in [-0.05, 0) is 45.2 Å². The average molecular weight is 324 g/mol. The molecule has 0 saturated carbocycles. The fraction of sp³-hybridized carbons (Fsp3) is 0.562. The summed E-state index contributed by atoms with van der Waals surface area (Å²) in [7, 11) is 0. The average Bonchev–Trinajstić information content (AvgIpc) is 2.80. The van der Waals surface area contributed by atoms with E-state index < -0.39 is 11.4 Å². The molecule has 0 spiro atoms. The molecular weight excluding hydrogens is 302 g/mol. The molecule has 1 aromatic rings. The van der Waals surface area contributed by atoms with E-state index >= 15 is 0 Å². The quantitative estimate of drug-likeness (QED) is 0.754. The summed E-state index contributed by atoms with van der Waals surface area (Å²) in [4.78, 5) is 4.67. The van der Waals surface area contributed by atoms with Crippen LogP contribution in [0.1, 0.15) is 38.8 Å². The van der Waals surface area contributed by atoms with Crippen molar-refractivity contribution in [1.29, 1.82) is 0 Å². The second kappa shape index (κ2) is 6.48. The smallest absolute Gasteiger partial charge is 0.194 e. The molecule has 6 heteroatoms. The third-order valence-corrected chi connectivity index (χ3v) is 4.11. The summed E-state index contributed by atoms with van der Waals surface area (Å²) in [6.07, 6.45) is 0.555. The van der Waals surface area contributed by atoms with Gasteiger partial charge in [-0.3, -0.25) is 0 Å². The van der Waals surface area contributed by atoms with Crippen molar-refractivity contribution in [3.8, 4) is 0 Å². The van der Waals surface area contributed by atoms with E-state index in [4.69, 9.17) is 4.74 Å². The van der Waals surface area contributed by atoms with Crippen LogP contribution in [0.3, 0.4) is 0 Å². The Morgan fingerprint density at radius 2 is 2.00 bits per heavy atom. The fourth-order valence-electron chi connectivity index (χ4n) is 2.34. The summed E-state index contributed by atoms with van der Waals surface area (Å²) < 4.78 is 30.9. The first kappa shape index (κ1) is 17.1. The molecule has 0 radical (unpaired) electrons. The van der Waals surface area contributed by atoms with E-state index in [0.717, 1.165) is 17.0 Å². The van der Waals surface area contributed by atoms with E-state index in [-0.39, 0.29) is 17.6 Å². The predicted molar refractivity (Wildman–Crippen MR) is 85.5 cm³/mol. The van der Waals surface area contributed by atoms with Gasteiger partial charge in [0.15, 0.2) is 5.90 Å². The number of rotatable bonds is 6. The van der Waals surface area contributed by atoms with Gasteiger partial charge in [0.25, 0.3) is 0 Å². The van der Waals surface area contributed by atoms with Gasteiger partial charge in [-0.25, -0.2) is 9.20 Å². The summed E-state index contributed by atoms with van der Waals surface area (Å²) in [5.41, 5.74) is 1.68. The third-order valence-electron chi connectivity index (χ3n) is 3.75. The van der Waals surface area contributed by atoms with Crippen molar-refractivity contribution in [2.24, 2.45) is 4.99 Å². The van der Waals surface area contributed by atoms with Gasteiger partial charge in [-0.1, -0.05) is 24.3 Å². The molecule has 1 aromatic carbocycles. The van der Waals surface area contributed by atoms with Gasteiger partial charge in [0, 0.05) is 0 Å². The predicted octanol–water partition coefficient (Wildman–Crippen LogP) is 2.52. The highest BCUT2D eigenvalue weighted by Crippen LogP contribution is 2.31. The van der Waals surface area contributed by atoms with Crippen LogP contribution in [0.4, 0.5) is 0 Å². The summed E-state index contributed by atoms with van der Waals surface area (Å²) in [5.74, 6) is 0.760. The van der Waals surface area contributed by atoms with Crippen LogP contribution in [0.2, 0.25) is 0 Å². The molecule has 2 rings (SSSR count). The van der Waals surface area contributed by atoms with Gasteiger partial charge in [0.1, 0.15) is 6.61 Å². The van der Waals surface area contributed by atoms with Crippen LogP contribution in [-0.2, 0) is 32.1 Å². The molecule has 1 unspecified atom stereocenters. The maximum atomic E-state index is 10.3. The zero-order valence-corrected chi connectivity index (χ0v) is 14.2. The minimum absolute atomic E-state index is 0.156. The molecule has 0 fully saturated rings. The molecule has 0 bridgehead atoms. The van der Waals surface area contributed by atoms with E-state index in [2.05, 4.69) is 36.9 Å². The van der Waals surface area contributed by atoms with Gasteiger partial charge in [0.05, 0.1) is 28.9 Å². The van der Waals surface area contributed by atoms with E-state index in [1.165, 1.54) is 0 Å². The topological polar surface area (TPSA) is 71.0 Å². The normalized spacial score (nSPS) is 18.7. The number of ether oxygens (including phenoxy) is 1. The zero-order chi connectivity index (χ0) is 16.4. The molecular formula is C16H22NO4S-. The molecule has 0 aliphatic carbocycles. The van der Waals surface area contributed by atoms with Crippen molar-refractivity contribution in [1.82, 2.24) is 0 Å². The standard InChI is InChI=1S/C16H23NO4S/c1-15(2)11-20-14(17-15)16(3,4)13-7-5-12(6-8-13)9-10-21-22(18)19/h5-8H,9-11H2,1-4H3,(H,18,19)/p-1. The molecule has 1 atom stereocenters. The maximum Gasteiger partial charge on any atom is 0.194 e. The van der Waals surface area contributed by atoms with Crippen LogP contribution in [0.5, 0.6) is 0 Å². The fourth-order valence-corrected chi connectivity index (χ4v) is 2.56. The summed E-state index contributed by atoms with van der Waals surface area (Å²) in [5, 5.41) is 0. The van der Waals surface area contributed by atoms with Crippen molar-refractivity contribution in [2.75, 3.05) is 13.2 Å². The third kappa shape index (κ3) is 4.15. The lowest BCUT2D eigenvalue weighted by molar-refractivity contribution is 0.263. The first-order valence-electron chi connectivity index (χ1n) is 7.26. The van der Waals surface area contributed by atoms with Crippen molar-refractivity contribution in [2.45, 2.75) is 45.1 Å². The number of aliphatic imine (C=N–C) groups is 1. The Hall–Kier alpha value is -1.24. The second-order valence-corrected chi connectivity index (χ2v) is 7.26. The SMILES string of the molecule is CC1(C)COC(C(C)(C)c2ccc(CCOS(=O)[O-])cc2)=N1. The van der Waals surface area contributed by atoms with Crippen molar-refractivity contribution in [3.05, 3.63) is 35.4 Å². The highest BCUT2D eigenvalue weighted by atomic mass is 32.2. The van der Waals surface area contributed by atoms with Crippen LogP contribution in [0.15, 0.2) is 29.3 Å². The Morgan fingerprint density at radius 3 is 2.50 bits per heavy atom. The van der Waals surface area contributed by atoms with Crippen LogP contribution >= 0.6 is 0 Å². The monoisotopic (exact) mass is 324 g/mol. The van der Waals surface area contributed by atoms with Crippen LogP contribution in [-0.4, -0.2) is 33.4 Å². The molecule has 1 heterocycles. The van der Waals surface area contributed by atoms with Gasteiger partial charge >= 0.3 is 0 Å². The lowest BCUT2D eigenvalue weighted by Gasteiger charge is -2.24. The van der Waals surface area contributed by atoms with E-state index in [9.17, 15) is 8.76 Å². The van der Waals surface area contributed by atoms with Crippen LogP contribution in [0.25, 0.3) is 0 Å². The van der Waals surface area contributed by atoms with E-state index in [1.807, 2.05) is 24.3 Å². The summed E-state index contributed by atoms with van der Waals surface area (Å²) >= 11 is -2.45. The Bertz CT molecular complexity index is 578. The van der Waals surface area contributed by atoms with Gasteiger partial charge in [0.2, 0.25) is 0 Å². The Balaban J connectivity index is 2.07. The minimum atomic E-state index is -2.45. The molecule has 22 heavy (non-hydrogen) atoms. The largest absolute Gasteiger partial charge is 0.750 e. The summed E-state index contributed by atoms with van der Waals surface area (Å²) in [6.45, 7) is 9.05. The molecule has 1 aliphatic heterocycles. The molecule has 0 aromatic heterocycles. The number of benzene rings is 1. The molecule has 0 saturated heterocycles. The molecule has 5 nitrogen and oxygen atoms in total. The highest BCUT2D eigenvalue weighted by molar-refractivity contribution is 7.74. The second-order valence-electron chi connectivity index (χ2n) is 6.62. The molecule has 0 amide bonds. The van der Waals surface area contributed by atoms with Gasteiger partial charge < -0.3 is 13.5 Å². The lowest BCUT2D eigenvalue weighted by Crippen LogP contribution is -2.29. The van der Waals surface area contributed by atoms with Gasteiger partial charge in [-0.15, -0.1) is 0 Å². The van der Waals surface area contributed by atoms with Gasteiger partial charge in [-0.2, -0.15) is 0 Å². The van der Waals surface area contributed by atoms with E-state index in [0.29, 0.717) is 13.0 Å². The van der Waals surface area contributed by atoms with Crippen molar-refractivity contribution < 1.29 is 17.7 Å². The number of hydrogen-bond acceptors (Lipinski definition) is 5. The van der Waals surface area contributed by atoms with Crippen molar-refractivity contribution >= 4 is 17.3 Å². The van der Waals surface area contributed by atoms with E-state index in [1.54, 1.807) is 0 Å². The van der Waals surface area contributed by atoms with Crippen LogP contribution in [0, 0.1) is 0 Å². The Kier molecular flexibility index (Phi) is 5.04. The van der Waals surface area contributed by atoms with Crippen molar-refractivity contribution in [3.63, 3.8) is 0 Å². The maximum absolute atomic E-state index is 10.3.